The van der Waals surface area contributed by atoms with Crippen LogP contribution in [0, 0.1) is 5.92 Å². The summed E-state index contributed by atoms with van der Waals surface area (Å²) in [6, 6.07) is 14.1. The normalized spacial score (nSPS) is 19.1. The van der Waals surface area contributed by atoms with Gasteiger partial charge in [0.05, 0.1) is 11.6 Å². The first-order valence-electron chi connectivity index (χ1n) is 8.18. The Balaban J connectivity index is 1.84. The zero-order chi connectivity index (χ0) is 16.4. The van der Waals surface area contributed by atoms with Crippen LogP contribution in [-0.4, -0.2) is 24.4 Å². The molecule has 0 spiro atoms. The zero-order valence-electron chi connectivity index (χ0n) is 13.6. The summed E-state index contributed by atoms with van der Waals surface area (Å²) in [6.45, 7) is 4.47. The van der Waals surface area contributed by atoms with E-state index in [1.54, 1.807) is 4.90 Å². The second-order valence-corrected chi connectivity index (χ2v) is 6.22. The van der Waals surface area contributed by atoms with Gasteiger partial charge in [-0.1, -0.05) is 43.3 Å². The lowest BCUT2D eigenvalue weighted by atomic mass is 10.1. The van der Waals surface area contributed by atoms with Crippen LogP contribution in [0.3, 0.4) is 0 Å². The van der Waals surface area contributed by atoms with Crippen LogP contribution in [0.15, 0.2) is 42.5 Å². The van der Waals surface area contributed by atoms with Gasteiger partial charge in [-0.05, 0) is 24.8 Å². The predicted octanol–water partition coefficient (Wildman–Crippen LogP) is 3.11. The van der Waals surface area contributed by atoms with Crippen molar-refractivity contribution in [2.24, 2.45) is 5.92 Å². The molecule has 1 fully saturated rings. The Hall–Kier alpha value is -2.36. The third kappa shape index (κ3) is 3.07. The number of hydrogen-bond acceptors (Lipinski definition) is 2. The molecule has 0 saturated carbocycles. The van der Waals surface area contributed by atoms with Crippen molar-refractivity contribution in [2.45, 2.75) is 32.7 Å². The van der Waals surface area contributed by atoms with Crippen LogP contribution >= 0.6 is 0 Å². The number of benzene rings is 2. The minimum atomic E-state index is -0.268. The maximum Gasteiger partial charge on any atom is 0.227 e. The van der Waals surface area contributed by atoms with Crippen molar-refractivity contribution in [2.75, 3.05) is 11.4 Å². The molecule has 1 aliphatic heterocycles. The minimum Gasteiger partial charge on any atom is -0.353 e. The molecular formula is C19H22N2O2. The highest BCUT2D eigenvalue weighted by molar-refractivity contribution is 6.06. The predicted molar refractivity (Wildman–Crippen MR) is 92.3 cm³/mol. The number of anilines is 1. The van der Waals surface area contributed by atoms with E-state index in [2.05, 4.69) is 5.32 Å². The molecule has 2 aromatic carbocycles. The van der Waals surface area contributed by atoms with Crippen molar-refractivity contribution in [3.63, 3.8) is 0 Å². The summed E-state index contributed by atoms with van der Waals surface area (Å²) >= 11 is 0. The Morgan fingerprint density at radius 3 is 2.78 bits per heavy atom. The topological polar surface area (TPSA) is 49.4 Å². The van der Waals surface area contributed by atoms with Gasteiger partial charge < -0.3 is 10.2 Å². The van der Waals surface area contributed by atoms with Gasteiger partial charge in [-0.3, -0.25) is 9.59 Å². The van der Waals surface area contributed by atoms with E-state index in [1.807, 2.05) is 56.3 Å². The molecule has 1 N–H and O–H groups in total. The molecule has 0 unspecified atom stereocenters. The first kappa shape index (κ1) is 15.5. The molecule has 2 aromatic rings. The van der Waals surface area contributed by atoms with Gasteiger partial charge >= 0.3 is 0 Å². The zero-order valence-corrected chi connectivity index (χ0v) is 13.6. The van der Waals surface area contributed by atoms with E-state index < -0.39 is 0 Å². The highest BCUT2D eigenvalue weighted by Crippen LogP contribution is 2.31. The number of fused-ring (bicyclic) bond motifs is 1. The molecule has 0 aliphatic carbocycles. The maximum absolute atomic E-state index is 12.4. The highest BCUT2D eigenvalue weighted by atomic mass is 16.2. The number of hydrogen-bond donors (Lipinski definition) is 1. The second kappa shape index (κ2) is 6.41. The van der Waals surface area contributed by atoms with E-state index in [4.69, 9.17) is 0 Å². The molecule has 3 rings (SSSR count). The van der Waals surface area contributed by atoms with Crippen LogP contribution in [0.2, 0.25) is 0 Å². The molecule has 1 saturated heterocycles. The molecule has 2 atom stereocenters. The summed E-state index contributed by atoms with van der Waals surface area (Å²) in [4.78, 5) is 26.5. The lowest BCUT2D eigenvalue weighted by Gasteiger charge is -2.19. The second-order valence-electron chi connectivity index (χ2n) is 6.22. The van der Waals surface area contributed by atoms with Gasteiger partial charge in [0.1, 0.15) is 0 Å². The van der Waals surface area contributed by atoms with Crippen molar-refractivity contribution in [1.29, 1.82) is 0 Å². The van der Waals surface area contributed by atoms with Crippen molar-refractivity contribution < 1.29 is 9.59 Å². The lowest BCUT2D eigenvalue weighted by Crippen LogP contribution is -2.38. The number of amides is 2. The number of nitrogens with zero attached hydrogens (tertiary/aromatic N) is 1. The minimum absolute atomic E-state index is 0.0181. The molecule has 23 heavy (non-hydrogen) atoms. The fraction of sp³-hybridized carbons (Fsp3) is 0.368. The van der Waals surface area contributed by atoms with E-state index in [0.29, 0.717) is 6.54 Å². The van der Waals surface area contributed by atoms with E-state index in [-0.39, 0.29) is 30.2 Å². The fourth-order valence-electron chi connectivity index (χ4n) is 3.02. The monoisotopic (exact) mass is 310 g/mol. The first-order valence-corrected chi connectivity index (χ1v) is 8.18. The van der Waals surface area contributed by atoms with Crippen LogP contribution < -0.4 is 10.2 Å². The van der Waals surface area contributed by atoms with Gasteiger partial charge in [-0.15, -0.1) is 0 Å². The van der Waals surface area contributed by atoms with Crippen molar-refractivity contribution >= 4 is 28.3 Å². The molecule has 120 valence electrons. The lowest BCUT2D eigenvalue weighted by molar-refractivity contribution is -0.126. The van der Waals surface area contributed by atoms with Crippen LogP contribution in [-0.2, 0) is 9.59 Å². The Bertz CT molecular complexity index is 736. The molecule has 0 radical (unpaired) electrons. The molecule has 0 aromatic heterocycles. The van der Waals surface area contributed by atoms with Crippen LogP contribution in [0.5, 0.6) is 0 Å². The van der Waals surface area contributed by atoms with Gasteiger partial charge in [0.2, 0.25) is 11.8 Å². The smallest absolute Gasteiger partial charge is 0.227 e. The van der Waals surface area contributed by atoms with Gasteiger partial charge in [-0.25, -0.2) is 0 Å². The van der Waals surface area contributed by atoms with Crippen LogP contribution in [0.4, 0.5) is 5.69 Å². The number of carbonyl (C=O) groups is 2. The maximum atomic E-state index is 12.4. The van der Waals surface area contributed by atoms with Crippen LogP contribution in [0.1, 0.15) is 26.7 Å². The Labute approximate surface area is 136 Å². The number of rotatable bonds is 4. The summed E-state index contributed by atoms with van der Waals surface area (Å²) in [5, 5.41) is 5.13. The highest BCUT2D eigenvalue weighted by Gasteiger charge is 2.35. The summed E-state index contributed by atoms with van der Waals surface area (Å²) in [5.74, 6) is -0.267. The number of carbonyl (C=O) groups excluding carboxylic acids is 2. The molecule has 4 heteroatoms. The summed E-state index contributed by atoms with van der Waals surface area (Å²) in [5.41, 5.74) is 0.895. The largest absolute Gasteiger partial charge is 0.353 e. The van der Waals surface area contributed by atoms with Gasteiger partial charge in [0.25, 0.3) is 0 Å². The first-order chi connectivity index (χ1) is 11.1. The fourth-order valence-corrected chi connectivity index (χ4v) is 3.02. The Morgan fingerprint density at radius 2 is 2.00 bits per heavy atom. The standard InChI is InChI=1S/C19H22N2O2/c1-3-13(2)20-19(23)15-11-18(22)21(12-15)17-10-6-8-14-7-4-5-9-16(14)17/h4-10,13,15H,3,11-12H2,1-2H3,(H,20,23)/t13-,15-/m0/s1. The van der Waals surface area contributed by atoms with E-state index in [9.17, 15) is 9.59 Å². The SMILES string of the molecule is CC[C@H](C)NC(=O)[C@H]1CC(=O)N(c2cccc3ccccc23)C1. The molecule has 0 bridgehead atoms. The summed E-state index contributed by atoms with van der Waals surface area (Å²) in [6.07, 6.45) is 1.17. The van der Waals surface area contributed by atoms with E-state index >= 15 is 0 Å². The molecule has 4 nitrogen and oxygen atoms in total. The van der Waals surface area contributed by atoms with E-state index in [1.165, 1.54) is 0 Å². The van der Waals surface area contributed by atoms with Crippen LogP contribution in [0.25, 0.3) is 10.8 Å². The van der Waals surface area contributed by atoms with Gasteiger partial charge in [0, 0.05) is 24.4 Å². The van der Waals surface area contributed by atoms with Crippen molar-refractivity contribution in [1.82, 2.24) is 5.32 Å². The molecular weight excluding hydrogens is 288 g/mol. The molecule has 1 aliphatic rings. The Morgan fingerprint density at radius 1 is 1.26 bits per heavy atom. The van der Waals surface area contributed by atoms with Crippen molar-refractivity contribution in [3.8, 4) is 0 Å². The molecule has 2 amide bonds. The van der Waals surface area contributed by atoms with Gasteiger partial charge in [0.15, 0.2) is 0 Å². The summed E-state index contributed by atoms with van der Waals surface area (Å²) in [7, 11) is 0. The third-order valence-electron chi connectivity index (χ3n) is 4.55. The molecule has 1 heterocycles. The Kier molecular flexibility index (Phi) is 4.33. The van der Waals surface area contributed by atoms with Gasteiger partial charge in [-0.2, -0.15) is 0 Å². The average Bonchev–Trinajstić information content (AvgIpc) is 2.96. The van der Waals surface area contributed by atoms with E-state index in [0.717, 1.165) is 22.9 Å². The third-order valence-corrected chi connectivity index (χ3v) is 4.55. The van der Waals surface area contributed by atoms with Crippen molar-refractivity contribution in [3.05, 3.63) is 42.5 Å². The summed E-state index contributed by atoms with van der Waals surface area (Å²) < 4.78 is 0. The quantitative estimate of drug-likeness (QED) is 0.943. The average molecular weight is 310 g/mol. The number of nitrogens with one attached hydrogen (secondary N) is 1.